The molecule has 0 saturated carbocycles. The molecule has 2 aromatic rings. The Bertz CT molecular complexity index is 669. The third kappa shape index (κ3) is 3.15. The first-order chi connectivity index (χ1) is 9.47. The predicted octanol–water partition coefficient (Wildman–Crippen LogP) is 2.94. The first-order valence-corrected chi connectivity index (χ1v) is 6.53. The maximum atomic E-state index is 11.6. The summed E-state index contributed by atoms with van der Waals surface area (Å²) in [6.45, 7) is 4.33. The molecular formula is C16H17NO3. The van der Waals surface area contributed by atoms with Crippen molar-refractivity contribution >= 4 is 5.97 Å². The van der Waals surface area contributed by atoms with E-state index >= 15 is 0 Å². The molecule has 104 valence electrons. The Morgan fingerprint density at radius 3 is 2.30 bits per heavy atom. The molecule has 0 amide bonds. The summed E-state index contributed by atoms with van der Waals surface area (Å²) in [5, 5.41) is 8.83. The maximum absolute atomic E-state index is 11.6. The van der Waals surface area contributed by atoms with Gasteiger partial charge in [0.25, 0.3) is 5.56 Å². The Labute approximate surface area is 117 Å². The van der Waals surface area contributed by atoms with Crippen LogP contribution in [0.2, 0.25) is 0 Å². The van der Waals surface area contributed by atoms with E-state index in [1.54, 1.807) is 6.07 Å². The largest absolute Gasteiger partial charge is 0.477 e. The lowest BCUT2D eigenvalue weighted by Gasteiger charge is -2.07. The van der Waals surface area contributed by atoms with E-state index in [4.69, 9.17) is 5.11 Å². The lowest BCUT2D eigenvalue weighted by Crippen LogP contribution is -2.17. The molecule has 1 aromatic carbocycles. The summed E-state index contributed by atoms with van der Waals surface area (Å²) in [7, 11) is 0. The highest BCUT2D eigenvalue weighted by Gasteiger charge is 2.09. The van der Waals surface area contributed by atoms with Gasteiger partial charge in [-0.05, 0) is 35.6 Å². The zero-order valence-corrected chi connectivity index (χ0v) is 11.5. The molecule has 0 radical (unpaired) electrons. The average Bonchev–Trinajstić information content (AvgIpc) is 2.38. The van der Waals surface area contributed by atoms with Gasteiger partial charge in [-0.25, -0.2) is 4.79 Å². The Balaban J connectivity index is 2.30. The predicted molar refractivity (Wildman–Crippen MR) is 78.0 cm³/mol. The molecule has 0 spiro atoms. The normalized spacial score (nSPS) is 10.8. The summed E-state index contributed by atoms with van der Waals surface area (Å²) in [5.41, 5.74) is 1.90. The fraction of sp³-hybridized carbons (Fsp3) is 0.250. The molecule has 0 fully saturated rings. The summed E-state index contributed by atoms with van der Waals surface area (Å²) in [4.78, 5) is 25.0. The van der Waals surface area contributed by atoms with Crippen LogP contribution < -0.4 is 5.56 Å². The molecule has 20 heavy (non-hydrogen) atoms. The number of aromatic amines is 1. The summed E-state index contributed by atoms with van der Waals surface area (Å²) >= 11 is 0. The second-order valence-corrected chi connectivity index (χ2v) is 5.21. The number of aromatic nitrogens is 1. The van der Waals surface area contributed by atoms with Crippen molar-refractivity contribution in [1.29, 1.82) is 0 Å². The number of hydrogen-bond acceptors (Lipinski definition) is 2. The third-order valence-corrected chi connectivity index (χ3v) is 3.05. The Morgan fingerprint density at radius 1 is 1.15 bits per heavy atom. The van der Waals surface area contributed by atoms with Crippen molar-refractivity contribution in [2.75, 3.05) is 0 Å². The van der Waals surface area contributed by atoms with Gasteiger partial charge < -0.3 is 10.1 Å². The molecule has 2 rings (SSSR count). The number of benzene rings is 1. The van der Waals surface area contributed by atoms with Gasteiger partial charge in [0, 0.05) is 5.69 Å². The molecule has 0 aliphatic heterocycles. The van der Waals surface area contributed by atoms with Gasteiger partial charge in [-0.2, -0.15) is 0 Å². The second kappa shape index (κ2) is 5.74. The molecule has 0 saturated heterocycles. The quantitative estimate of drug-likeness (QED) is 0.898. The van der Waals surface area contributed by atoms with Crippen molar-refractivity contribution < 1.29 is 9.90 Å². The van der Waals surface area contributed by atoms with E-state index in [1.807, 2.05) is 24.3 Å². The van der Waals surface area contributed by atoms with Gasteiger partial charge in [-0.15, -0.1) is 0 Å². The molecule has 4 nitrogen and oxygen atoms in total. The highest BCUT2D eigenvalue weighted by molar-refractivity contribution is 5.87. The standard InChI is InChI=1S/C16H17NO3/c1-10(2)9-11-3-5-12(6-4-11)14-8-7-13(16(19)20)15(18)17-14/h3-8,10H,9H2,1-2H3,(H,17,18)(H,19,20). The molecule has 0 aliphatic rings. The van der Waals surface area contributed by atoms with Gasteiger partial charge >= 0.3 is 5.97 Å². The number of carboxylic acids is 1. The number of aromatic carboxylic acids is 1. The number of H-pyrrole nitrogens is 1. The summed E-state index contributed by atoms with van der Waals surface area (Å²) in [6, 6.07) is 10.9. The smallest absolute Gasteiger partial charge is 0.341 e. The molecule has 1 heterocycles. The van der Waals surface area contributed by atoms with Crippen LogP contribution in [0, 0.1) is 5.92 Å². The van der Waals surface area contributed by atoms with Crippen LogP contribution >= 0.6 is 0 Å². The topological polar surface area (TPSA) is 70.2 Å². The van der Waals surface area contributed by atoms with Crippen LogP contribution in [0.4, 0.5) is 0 Å². The van der Waals surface area contributed by atoms with Crippen molar-refractivity contribution in [3.63, 3.8) is 0 Å². The fourth-order valence-electron chi connectivity index (χ4n) is 2.10. The second-order valence-electron chi connectivity index (χ2n) is 5.21. The van der Waals surface area contributed by atoms with Crippen molar-refractivity contribution in [2.45, 2.75) is 20.3 Å². The van der Waals surface area contributed by atoms with Crippen molar-refractivity contribution in [3.05, 3.63) is 57.9 Å². The van der Waals surface area contributed by atoms with Crippen molar-refractivity contribution in [2.24, 2.45) is 5.92 Å². The molecule has 0 aliphatic carbocycles. The minimum absolute atomic E-state index is 0.245. The van der Waals surface area contributed by atoms with E-state index in [0.717, 1.165) is 12.0 Å². The molecule has 4 heteroatoms. The minimum atomic E-state index is -1.22. The maximum Gasteiger partial charge on any atom is 0.341 e. The van der Waals surface area contributed by atoms with Crippen LogP contribution in [-0.4, -0.2) is 16.1 Å². The lowest BCUT2D eigenvalue weighted by molar-refractivity contribution is 0.0695. The summed E-state index contributed by atoms with van der Waals surface area (Å²) < 4.78 is 0. The van der Waals surface area contributed by atoms with E-state index in [2.05, 4.69) is 18.8 Å². The zero-order valence-electron chi connectivity index (χ0n) is 11.5. The van der Waals surface area contributed by atoms with Crippen LogP contribution in [0.5, 0.6) is 0 Å². The van der Waals surface area contributed by atoms with E-state index in [0.29, 0.717) is 11.6 Å². The zero-order chi connectivity index (χ0) is 14.7. The van der Waals surface area contributed by atoms with Crippen molar-refractivity contribution in [1.82, 2.24) is 4.98 Å². The molecule has 2 N–H and O–H groups in total. The molecule has 0 bridgehead atoms. The van der Waals surface area contributed by atoms with Crippen molar-refractivity contribution in [3.8, 4) is 11.3 Å². The number of pyridine rings is 1. The van der Waals surface area contributed by atoms with Gasteiger partial charge in [-0.3, -0.25) is 4.79 Å². The van der Waals surface area contributed by atoms with Gasteiger partial charge in [0.2, 0.25) is 0 Å². The SMILES string of the molecule is CC(C)Cc1ccc(-c2ccc(C(=O)O)c(=O)[nH]2)cc1. The van der Waals surface area contributed by atoms with E-state index < -0.39 is 11.5 Å². The van der Waals surface area contributed by atoms with Gasteiger partial charge in [-0.1, -0.05) is 38.1 Å². The average molecular weight is 271 g/mol. The number of rotatable bonds is 4. The number of carbonyl (C=O) groups is 1. The lowest BCUT2D eigenvalue weighted by atomic mass is 10.0. The van der Waals surface area contributed by atoms with Gasteiger partial charge in [0.15, 0.2) is 0 Å². The highest BCUT2D eigenvalue weighted by Crippen LogP contribution is 2.18. The Morgan fingerprint density at radius 2 is 1.80 bits per heavy atom. The Kier molecular flexibility index (Phi) is 4.03. The first-order valence-electron chi connectivity index (χ1n) is 6.53. The molecular weight excluding hydrogens is 254 g/mol. The number of nitrogens with one attached hydrogen (secondary N) is 1. The van der Waals surface area contributed by atoms with E-state index in [1.165, 1.54) is 11.6 Å². The van der Waals surface area contributed by atoms with Gasteiger partial charge in [0.05, 0.1) is 0 Å². The van der Waals surface area contributed by atoms with Crippen LogP contribution in [0.15, 0.2) is 41.2 Å². The first kappa shape index (κ1) is 14.1. The number of carboxylic acid groups (broad SMARTS) is 1. The van der Waals surface area contributed by atoms with Crippen LogP contribution in [0.3, 0.4) is 0 Å². The minimum Gasteiger partial charge on any atom is -0.477 e. The van der Waals surface area contributed by atoms with Crippen LogP contribution in [0.1, 0.15) is 29.8 Å². The highest BCUT2D eigenvalue weighted by atomic mass is 16.4. The van der Waals surface area contributed by atoms with Crippen LogP contribution in [-0.2, 0) is 6.42 Å². The fourth-order valence-corrected chi connectivity index (χ4v) is 2.10. The monoisotopic (exact) mass is 271 g/mol. The molecule has 0 unspecified atom stereocenters. The van der Waals surface area contributed by atoms with E-state index in [9.17, 15) is 9.59 Å². The third-order valence-electron chi connectivity index (χ3n) is 3.05. The Hall–Kier alpha value is -2.36. The van der Waals surface area contributed by atoms with Crippen LogP contribution in [0.25, 0.3) is 11.3 Å². The van der Waals surface area contributed by atoms with Gasteiger partial charge in [0.1, 0.15) is 5.56 Å². The summed E-state index contributed by atoms with van der Waals surface area (Å²) in [5.74, 6) is -0.624. The van der Waals surface area contributed by atoms with E-state index in [-0.39, 0.29) is 5.56 Å². The molecule has 0 atom stereocenters. The summed E-state index contributed by atoms with van der Waals surface area (Å²) in [6.07, 6.45) is 1.01. The molecule has 1 aromatic heterocycles. The number of hydrogen-bond donors (Lipinski definition) is 2.